The number of amides is 1. The van der Waals surface area contributed by atoms with E-state index in [-0.39, 0.29) is 0 Å². The van der Waals surface area contributed by atoms with Gasteiger partial charge >= 0.3 is 0 Å². The number of primary amides is 1. The van der Waals surface area contributed by atoms with E-state index in [1.807, 2.05) is 0 Å². The third kappa shape index (κ3) is 1.84. The molecular formula is C8H9BrN2O. The molecule has 0 aromatic heterocycles. The van der Waals surface area contributed by atoms with Gasteiger partial charge in [-0.2, -0.15) is 0 Å². The lowest BCUT2D eigenvalue weighted by Crippen LogP contribution is -2.15. The summed E-state index contributed by atoms with van der Waals surface area (Å²) in [5, 5.41) is 0. The summed E-state index contributed by atoms with van der Waals surface area (Å²) < 4.78 is 0.896. The van der Waals surface area contributed by atoms with Crippen LogP contribution in [0.1, 0.15) is 15.9 Å². The second-order valence-corrected chi connectivity index (χ2v) is 3.29. The van der Waals surface area contributed by atoms with Crippen LogP contribution < -0.4 is 11.5 Å². The topological polar surface area (TPSA) is 69.1 Å². The molecule has 0 bridgehead atoms. The highest BCUT2D eigenvalue weighted by Gasteiger charge is 2.05. The van der Waals surface area contributed by atoms with E-state index in [2.05, 4.69) is 15.9 Å². The Morgan fingerprint density at radius 2 is 2.17 bits per heavy atom. The van der Waals surface area contributed by atoms with Gasteiger partial charge in [-0.3, -0.25) is 4.79 Å². The Morgan fingerprint density at radius 3 is 2.67 bits per heavy atom. The first kappa shape index (κ1) is 9.22. The molecule has 0 saturated heterocycles. The molecule has 0 unspecified atom stereocenters. The smallest absolute Gasteiger partial charge is 0.249 e. The largest absolute Gasteiger partial charge is 0.366 e. The maximum Gasteiger partial charge on any atom is 0.249 e. The van der Waals surface area contributed by atoms with Gasteiger partial charge in [-0.15, -0.1) is 0 Å². The van der Waals surface area contributed by atoms with E-state index >= 15 is 0 Å². The van der Waals surface area contributed by atoms with Gasteiger partial charge in [0.15, 0.2) is 0 Å². The third-order valence-electron chi connectivity index (χ3n) is 1.55. The van der Waals surface area contributed by atoms with Gasteiger partial charge in [-0.1, -0.05) is 15.9 Å². The maximum absolute atomic E-state index is 10.8. The average molecular weight is 229 g/mol. The Morgan fingerprint density at radius 1 is 1.50 bits per heavy atom. The zero-order valence-corrected chi connectivity index (χ0v) is 7.97. The minimum Gasteiger partial charge on any atom is -0.366 e. The summed E-state index contributed by atoms with van der Waals surface area (Å²) in [5.74, 6) is -0.442. The normalized spacial score (nSPS) is 9.83. The van der Waals surface area contributed by atoms with Crippen LogP contribution in [-0.2, 0) is 6.54 Å². The van der Waals surface area contributed by atoms with Crippen molar-refractivity contribution in [1.82, 2.24) is 0 Å². The molecule has 4 heteroatoms. The molecule has 12 heavy (non-hydrogen) atoms. The zero-order chi connectivity index (χ0) is 9.14. The van der Waals surface area contributed by atoms with Gasteiger partial charge in [0.25, 0.3) is 0 Å². The van der Waals surface area contributed by atoms with Crippen LogP contribution in [0.3, 0.4) is 0 Å². The van der Waals surface area contributed by atoms with Gasteiger partial charge in [0, 0.05) is 16.6 Å². The highest BCUT2D eigenvalue weighted by molar-refractivity contribution is 9.10. The summed E-state index contributed by atoms with van der Waals surface area (Å²) in [6.07, 6.45) is 0. The van der Waals surface area contributed by atoms with Crippen molar-refractivity contribution < 1.29 is 4.79 Å². The van der Waals surface area contributed by atoms with Crippen LogP contribution in [0.25, 0.3) is 0 Å². The number of carbonyl (C=O) groups excluding carboxylic acids is 1. The monoisotopic (exact) mass is 228 g/mol. The van der Waals surface area contributed by atoms with Crippen molar-refractivity contribution in [2.24, 2.45) is 11.5 Å². The lowest BCUT2D eigenvalue weighted by molar-refractivity contribution is 0.0999. The molecule has 0 saturated carbocycles. The molecule has 0 atom stereocenters. The average Bonchev–Trinajstić information content (AvgIpc) is 2.03. The molecule has 0 heterocycles. The van der Waals surface area contributed by atoms with Crippen LogP contribution in [-0.4, -0.2) is 5.91 Å². The number of hydrogen-bond acceptors (Lipinski definition) is 2. The number of rotatable bonds is 2. The lowest BCUT2D eigenvalue weighted by Gasteiger charge is -2.03. The van der Waals surface area contributed by atoms with Crippen molar-refractivity contribution in [3.63, 3.8) is 0 Å². The molecule has 0 spiro atoms. The minimum absolute atomic E-state index is 0.317. The van der Waals surface area contributed by atoms with E-state index < -0.39 is 5.91 Å². The van der Waals surface area contributed by atoms with E-state index in [9.17, 15) is 4.79 Å². The molecule has 4 N–H and O–H groups in total. The van der Waals surface area contributed by atoms with Crippen LogP contribution in [0.5, 0.6) is 0 Å². The Bertz CT molecular complexity index is 312. The van der Waals surface area contributed by atoms with Gasteiger partial charge in [0.1, 0.15) is 0 Å². The van der Waals surface area contributed by atoms with Crippen LogP contribution in [0.4, 0.5) is 0 Å². The summed E-state index contributed by atoms with van der Waals surface area (Å²) in [7, 11) is 0. The van der Waals surface area contributed by atoms with E-state index in [4.69, 9.17) is 11.5 Å². The molecule has 0 aliphatic carbocycles. The summed E-state index contributed by atoms with van der Waals surface area (Å²) in [5.41, 5.74) is 11.8. The lowest BCUT2D eigenvalue weighted by atomic mass is 10.1. The van der Waals surface area contributed by atoms with Crippen molar-refractivity contribution in [3.8, 4) is 0 Å². The standard InChI is InChI=1S/C8H9BrN2O/c9-6-1-2-7(8(11)12)5(3-6)4-10/h1-3H,4,10H2,(H2,11,12). The molecule has 0 aliphatic heterocycles. The summed E-state index contributed by atoms with van der Waals surface area (Å²) in [6.45, 7) is 0.317. The van der Waals surface area contributed by atoms with Crippen LogP contribution in [0, 0.1) is 0 Å². The molecule has 1 rings (SSSR count). The quantitative estimate of drug-likeness (QED) is 0.794. The van der Waals surface area contributed by atoms with E-state index in [0.717, 1.165) is 10.0 Å². The number of halogens is 1. The molecule has 1 aromatic carbocycles. The van der Waals surface area contributed by atoms with Crippen molar-refractivity contribution in [1.29, 1.82) is 0 Å². The minimum atomic E-state index is -0.442. The zero-order valence-electron chi connectivity index (χ0n) is 6.38. The first-order valence-electron chi connectivity index (χ1n) is 3.43. The predicted molar refractivity (Wildman–Crippen MR) is 50.6 cm³/mol. The van der Waals surface area contributed by atoms with Gasteiger partial charge in [0.2, 0.25) is 5.91 Å². The molecule has 3 nitrogen and oxygen atoms in total. The second-order valence-electron chi connectivity index (χ2n) is 2.37. The van der Waals surface area contributed by atoms with Crippen molar-refractivity contribution in [2.45, 2.75) is 6.54 Å². The SMILES string of the molecule is NCc1cc(Br)ccc1C(N)=O. The fourth-order valence-corrected chi connectivity index (χ4v) is 1.38. The fourth-order valence-electron chi connectivity index (χ4n) is 0.972. The van der Waals surface area contributed by atoms with Gasteiger partial charge in [0.05, 0.1) is 0 Å². The van der Waals surface area contributed by atoms with Gasteiger partial charge in [-0.25, -0.2) is 0 Å². The van der Waals surface area contributed by atoms with E-state index in [0.29, 0.717) is 12.1 Å². The van der Waals surface area contributed by atoms with Crippen molar-refractivity contribution in [2.75, 3.05) is 0 Å². The molecule has 1 amide bonds. The van der Waals surface area contributed by atoms with Gasteiger partial charge in [-0.05, 0) is 23.8 Å². The van der Waals surface area contributed by atoms with Crippen LogP contribution in [0.2, 0.25) is 0 Å². The number of nitrogens with two attached hydrogens (primary N) is 2. The van der Waals surface area contributed by atoms with Crippen molar-refractivity contribution >= 4 is 21.8 Å². The first-order valence-corrected chi connectivity index (χ1v) is 4.22. The number of hydrogen-bond donors (Lipinski definition) is 2. The highest BCUT2D eigenvalue weighted by atomic mass is 79.9. The Hall–Kier alpha value is -0.870. The molecule has 64 valence electrons. The van der Waals surface area contributed by atoms with E-state index in [1.54, 1.807) is 18.2 Å². The number of benzene rings is 1. The summed E-state index contributed by atoms with van der Waals surface area (Å²) in [4.78, 5) is 10.8. The maximum atomic E-state index is 10.8. The molecule has 0 fully saturated rings. The van der Waals surface area contributed by atoms with Crippen LogP contribution >= 0.6 is 15.9 Å². The first-order chi connectivity index (χ1) is 5.65. The van der Waals surface area contributed by atoms with Crippen molar-refractivity contribution in [3.05, 3.63) is 33.8 Å². The molecule has 0 aliphatic rings. The summed E-state index contributed by atoms with van der Waals surface area (Å²) in [6, 6.07) is 5.22. The molecular weight excluding hydrogens is 220 g/mol. The highest BCUT2D eigenvalue weighted by Crippen LogP contribution is 2.15. The fraction of sp³-hybridized carbons (Fsp3) is 0.125. The predicted octanol–water partition coefficient (Wildman–Crippen LogP) is 1.01. The Balaban J connectivity index is 3.20. The van der Waals surface area contributed by atoms with Gasteiger partial charge < -0.3 is 11.5 Å². The number of carbonyl (C=O) groups is 1. The Labute approximate surface area is 78.9 Å². The third-order valence-corrected chi connectivity index (χ3v) is 2.05. The second kappa shape index (κ2) is 3.69. The molecule has 1 aromatic rings. The van der Waals surface area contributed by atoms with E-state index in [1.165, 1.54) is 0 Å². The summed E-state index contributed by atoms with van der Waals surface area (Å²) >= 11 is 3.28. The Kier molecular flexibility index (Phi) is 2.83. The molecule has 0 radical (unpaired) electrons. The van der Waals surface area contributed by atoms with Crippen LogP contribution in [0.15, 0.2) is 22.7 Å².